The predicted octanol–water partition coefficient (Wildman–Crippen LogP) is 4.28. The highest BCUT2D eigenvalue weighted by molar-refractivity contribution is 5.94. The van der Waals surface area contributed by atoms with Gasteiger partial charge in [0.05, 0.1) is 0 Å². The Labute approximate surface area is 186 Å². The number of hydrogen-bond donors (Lipinski definition) is 2. The van der Waals surface area contributed by atoms with Gasteiger partial charge in [-0.3, -0.25) is 4.79 Å². The molecule has 1 aliphatic heterocycles. The van der Waals surface area contributed by atoms with Gasteiger partial charge in [0.15, 0.2) is 0 Å². The normalized spacial score (nSPS) is 23.3. The first-order valence-electron chi connectivity index (χ1n) is 11.9. The Bertz CT molecular complexity index is 946. The average Bonchev–Trinajstić information content (AvgIpc) is 3.08. The van der Waals surface area contributed by atoms with Crippen LogP contribution in [0.3, 0.4) is 0 Å². The molecule has 2 N–H and O–H groups in total. The Balaban J connectivity index is 1.76. The molecule has 2 unspecified atom stereocenters. The minimum atomic E-state index is 0.00277. The monoisotopic (exact) mass is 423 g/mol. The molecule has 1 aliphatic carbocycles. The number of fused-ring (bicyclic) bond motifs is 2. The largest absolute Gasteiger partial charge is 0.508 e. The number of amides is 1. The van der Waals surface area contributed by atoms with Crippen LogP contribution in [0.25, 0.3) is 0 Å². The highest BCUT2D eigenvalue weighted by Gasteiger charge is 2.48. The van der Waals surface area contributed by atoms with Crippen LogP contribution in [0.15, 0.2) is 24.3 Å². The maximum atomic E-state index is 13.1. The summed E-state index contributed by atoms with van der Waals surface area (Å²) in [5, 5.41) is 10.2. The van der Waals surface area contributed by atoms with E-state index in [0.717, 1.165) is 63.2 Å². The number of benzene rings is 1. The molecule has 1 saturated heterocycles. The Morgan fingerprint density at radius 1 is 1.29 bits per heavy atom. The first-order chi connectivity index (χ1) is 14.9. The minimum absolute atomic E-state index is 0.00277. The number of likely N-dealkylation sites (tertiary alicyclic amines) is 1. The maximum Gasteiger partial charge on any atom is 0.270 e. The number of phenols is 1. The molecule has 2 aromatic rings. The Morgan fingerprint density at radius 2 is 2.06 bits per heavy atom. The molecule has 2 atom stereocenters. The van der Waals surface area contributed by atoms with Crippen LogP contribution in [0.5, 0.6) is 5.75 Å². The van der Waals surface area contributed by atoms with E-state index in [4.69, 9.17) is 0 Å². The molecule has 0 bridgehead atoms. The van der Waals surface area contributed by atoms with E-state index in [1.54, 1.807) is 6.07 Å². The van der Waals surface area contributed by atoms with Crippen LogP contribution in [-0.2, 0) is 18.3 Å². The Kier molecular flexibility index (Phi) is 6.16. The number of rotatable bonds is 6. The summed E-state index contributed by atoms with van der Waals surface area (Å²) in [6.07, 6.45) is 4.14. The number of nitrogens with one attached hydrogen (secondary N) is 1. The molecule has 1 fully saturated rings. The molecule has 5 heteroatoms. The highest BCUT2D eigenvalue weighted by Crippen LogP contribution is 2.49. The van der Waals surface area contributed by atoms with Crippen molar-refractivity contribution in [2.45, 2.75) is 58.8 Å². The Hall–Kier alpha value is -2.27. The summed E-state index contributed by atoms with van der Waals surface area (Å²) < 4.78 is 0. The van der Waals surface area contributed by atoms with E-state index < -0.39 is 0 Å². The lowest BCUT2D eigenvalue weighted by atomic mass is 9.58. The van der Waals surface area contributed by atoms with E-state index in [2.05, 4.69) is 29.8 Å². The standard InChI is InChI=1S/C26H37N3O2/c1-5-12-28-13-11-26(19-9-8-10-21(30)14-19)16-23-22(15-20(26)17-28)18(4)24(27-23)25(31)29(6-2)7-3/h8-10,14,20,27,30H,5-7,11-13,15-17H2,1-4H3. The van der Waals surface area contributed by atoms with Crippen molar-refractivity contribution in [3.8, 4) is 5.75 Å². The Morgan fingerprint density at radius 3 is 2.74 bits per heavy atom. The molecule has 168 valence electrons. The number of nitrogens with zero attached hydrogens (tertiary/aromatic N) is 2. The highest BCUT2D eigenvalue weighted by atomic mass is 16.3. The van der Waals surface area contributed by atoms with E-state index in [0.29, 0.717) is 11.7 Å². The van der Waals surface area contributed by atoms with Gasteiger partial charge in [0, 0.05) is 30.7 Å². The summed E-state index contributed by atoms with van der Waals surface area (Å²) >= 11 is 0. The van der Waals surface area contributed by atoms with Crippen LogP contribution >= 0.6 is 0 Å². The van der Waals surface area contributed by atoms with Crippen LogP contribution in [-0.4, -0.2) is 58.5 Å². The third kappa shape index (κ3) is 3.78. The quantitative estimate of drug-likeness (QED) is 0.729. The first kappa shape index (κ1) is 21.9. The SMILES string of the molecule is CCCN1CCC2(c3cccc(O)c3)Cc3[nH]c(C(=O)N(CC)CC)c(C)c3CC2C1. The molecule has 5 nitrogen and oxygen atoms in total. The number of aromatic nitrogens is 1. The minimum Gasteiger partial charge on any atom is -0.508 e. The molecular formula is C26H37N3O2. The third-order valence-electron chi connectivity index (χ3n) is 7.77. The van der Waals surface area contributed by atoms with Gasteiger partial charge < -0.3 is 19.9 Å². The molecular weight excluding hydrogens is 386 g/mol. The molecule has 2 heterocycles. The predicted molar refractivity (Wildman–Crippen MR) is 125 cm³/mol. The van der Waals surface area contributed by atoms with Crippen molar-refractivity contribution in [1.29, 1.82) is 0 Å². The number of aromatic hydroxyl groups is 1. The van der Waals surface area contributed by atoms with Crippen molar-refractivity contribution in [3.63, 3.8) is 0 Å². The number of phenolic OH excluding ortho intramolecular Hbond substituents is 1. The lowest BCUT2D eigenvalue weighted by molar-refractivity contribution is 0.0766. The van der Waals surface area contributed by atoms with Crippen LogP contribution < -0.4 is 0 Å². The molecule has 4 rings (SSSR count). The zero-order valence-corrected chi connectivity index (χ0v) is 19.5. The van der Waals surface area contributed by atoms with Gasteiger partial charge in [0.2, 0.25) is 0 Å². The smallest absolute Gasteiger partial charge is 0.270 e. The summed E-state index contributed by atoms with van der Waals surface area (Å²) in [6.45, 7) is 13.2. The molecule has 0 saturated carbocycles. The zero-order chi connectivity index (χ0) is 22.2. The van der Waals surface area contributed by atoms with Crippen molar-refractivity contribution in [3.05, 3.63) is 52.3 Å². The molecule has 1 aromatic heterocycles. The van der Waals surface area contributed by atoms with Crippen molar-refractivity contribution < 1.29 is 9.90 Å². The van der Waals surface area contributed by atoms with E-state index in [-0.39, 0.29) is 11.3 Å². The molecule has 0 radical (unpaired) electrons. The van der Waals surface area contributed by atoms with E-state index in [9.17, 15) is 9.90 Å². The van der Waals surface area contributed by atoms with Crippen molar-refractivity contribution >= 4 is 5.91 Å². The fourth-order valence-corrected chi connectivity index (χ4v) is 6.02. The second-order valence-corrected chi connectivity index (χ2v) is 9.39. The molecule has 1 amide bonds. The number of piperidine rings is 1. The fraction of sp³-hybridized carbons (Fsp3) is 0.577. The van der Waals surface area contributed by atoms with Crippen molar-refractivity contribution in [2.24, 2.45) is 5.92 Å². The summed E-state index contributed by atoms with van der Waals surface area (Å²) in [5.74, 6) is 0.930. The summed E-state index contributed by atoms with van der Waals surface area (Å²) in [6, 6.07) is 7.88. The summed E-state index contributed by atoms with van der Waals surface area (Å²) in [5.41, 5.74) is 5.70. The van der Waals surface area contributed by atoms with Crippen LogP contribution in [0.4, 0.5) is 0 Å². The number of H-pyrrole nitrogens is 1. The lowest BCUT2D eigenvalue weighted by Gasteiger charge is -2.51. The zero-order valence-electron chi connectivity index (χ0n) is 19.5. The number of hydrogen-bond acceptors (Lipinski definition) is 3. The van der Waals surface area contributed by atoms with Gasteiger partial charge in [-0.05, 0) is 94.3 Å². The number of carbonyl (C=O) groups excluding carboxylic acids is 1. The van der Waals surface area contributed by atoms with Crippen LogP contribution in [0, 0.1) is 12.8 Å². The molecule has 31 heavy (non-hydrogen) atoms. The van der Waals surface area contributed by atoms with Crippen LogP contribution in [0.1, 0.15) is 66.5 Å². The number of carbonyl (C=O) groups is 1. The fourth-order valence-electron chi connectivity index (χ4n) is 6.02. The van der Waals surface area contributed by atoms with Crippen molar-refractivity contribution in [2.75, 3.05) is 32.7 Å². The van der Waals surface area contributed by atoms with Gasteiger partial charge in [-0.15, -0.1) is 0 Å². The van der Waals surface area contributed by atoms with Gasteiger partial charge in [-0.25, -0.2) is 0 Å². The van der Waals surface area contributed by atoms with Gasteiger partial charge in [-0.1, -0.05) is 19.1 Å². The second kappa shape index (κ2) is 8.70. The van der Waals surface area contributed by atoms with E-state index >= 15 is 0 Å². The molecule has 2 aliphatic rings. The molecule has 0 spiro atoms. The molecule has 1 aromatic carbocycles. The third-order valence-corrected chi connectivity index (χ3v) is 7.77. The van der Waals surface area contributed by atoms with Gasteiger partial charge in [-0.2, -0.15) is 0 Å². The first-order valence-corrected chi connectivity index (χ1v) is 11.9. The summed E-state index contributed by atoms with van der Waals surface area (Å²) in [7, 11) is 0. The van der Waals surface area contributed by atoms with Gasteiger partial charge in [0.25, 0.3) is 5.91 Å². The lowest BCUT2D eigenvalue weighted by Crippen LogP contribution is -2.53. The average molecular weight is 424 g/mol. The summed E-state index contributed by atoms with van der Waals surface area (Å²) in [4.78, 5) is 21.2. The van der Waals surface area contributed by atoms with E-state index in [1.165, 1.54) is 23.2 Å². The van der Waals surface area contributed by atoms with Gasteiger partial charge >= 0.3 is 0 Å². The maximum absolute atomic E-state index is 13.1. The van der Waals surface area contributed by atoms with Crippen LogP contribution in [0.2, 0.25) is 0 Å². The topological polar surface area (TPSA) is 59.6 Å². The van der Waals surface area contributed by atoms with Crippen molar-refractivity contribution in [1.82, 2.24) is 14.8 Å². The van der Waals surface area contributed by atoms with E-state index in [1.807, 2.05) is 30.9 Å². The van der Waals surface area contributed by atoms with Gasteiger partial charge in [0.1, 0.15) is 11.4 Å². The second-order valence-electron chi connectivity index (χ2n) is 9.39. The number of aromatic amines is 1.